The van der Waals surface area contributed by atoms with Crippen molar-refractivity contribution < 1.29 is 14.7 Å². The molecule has 0 aromatic rings. The van der Waals surface area contributed by atoms with Crippen molar-refractivity contribution in [2.24, 2.45) is 5.92 Å². The first-order valence-corrected chi connectivity index (χ1v) is 5.08. The van der Waals surface area contributed by atoms with Crippen molar-refractivity contribution in [3.63, 3.8) is 0 Å². The Morgan fingerprint density at radius 3 is 2.40 bits per heavy atom. The van der Waals surface area contributed by atoms with Crippen LogP contribution >= 0.6 is 0 Å². The van der Waals surface area contributed by atoms with Crippen LogP contribution in [0.3, 0.4) is 0 Å². The molecule has 1 saturated carbocycles. The molecule has 1 aliphatic rings. The number of hydrogen-bond acceptors (Lipinski definition) is 2. The van der Waals surface area contributed by atoms with Gasteiger partial charge >= 0.3 is 12.0 Å². The number of hydrogen-bond donors (Lipinski definition) is 2. The maximum Gasteiger partial charge on any atom is 0.323 e. The van der Waals surface area contributed by atoms with Gasteiger partial charge in [0.1, 0.15) is 6.54 Å². The van der Waals surface area contributed by atoms with E-state index in [1.807, 2.05) is 13.8 Å². The van der Waals surface area contributed by atoms with Crippen LogP contribution in [-0.2, 0) is 4.79 Å². The van der Waals surface area contributed by atoms with Gasteiger partial charge < -0.3 is 15.3 Å². The molecule has 0 spiro atoms. The van der Waals surface area contributed by atoms with Crippen LogP contribution in [0.5, 0.6) is 0 Å². The zero-order valence-electron chi connectivity index (χ0n) is 9.41. The Labute approximate surface area is 89.4 Å². The smallest absolute Gasteiger partial charge is 0.323 e. The van der Waals surface area contributed by atoms with Crippen molar-refractivity contribution in [2.45, 2.75) is 32.2 Å². The van der Waals surface area contributed by atoms with E-state index in [9.17, 15) is 9.59 Å². The van der Waals surface area contributed by atoms with Crippen molar-refractivity contribution >= 4 is 12.0 Å². The minimum Gasteiger partial charge on any atom is -0.480 e. The number of carboxylic acid groups (broad SMARTS) is 1. The molecule has 0 unspecified atom stereocenters. The lowest BCUT2D eigenvalue weighted by Crippen LogP contribution is -2.51. The summed E-state index contributed by atoms with van der Waals surface area (Å²) in [6, 6.07) is -0.325. The molecule has 5 heteroatoms. The van der Waals surface area contributed by atoms with Crippen LogP contribution in [0.25, 0.3) is 0 Å². The highest BCUT2D eigenvalue weighted by atomic mass is 16.4. The number of carboxylic acids is 1. The van der Waals surface area contributed by atoms with Crippen LogP contribution in [0.15, 0.2) is 0 Å². The summed E-state index contributed by atoms with van der Waals surface area (Å²) in [6.07, 6.45) is 2.27. The lowest BCUT2D eigenvalue weighted by molar-refractivity contribution is -0.137. The molecule has 0 saturated heterocycles. The van der Waals surface area contributed by atoms with Crippen LogP contribution in [0.1, 0.15) is 26.7 Å². The minimum absolute atomic E-state index is 0.232. The fraction of sp³-hybridized carbons (Fsp3) is 0.800. The van der Waals surface area contributed by atoms with E-state index in [2.05, 4.69) is 5.32 Å². The predicted octanol–water partition coefficient (Wildman–Crippen LogP) is 0.901. The standard InChI is InChI=1S/C10H18N2O3/c1-10(2,7-4-5-7)11-9(15)12(3)6-8(13)14/h7H,4-6H2,1-3H3,(H,11,15)(H,13,14). The van der Waals surface area contributed by atoms with Crippen molar-refractivity contribution in [1.29, 1.82) is 0 Å². The Morgan fingerprint density at radius 1 is 1.47 bits per heavy atom. The zero-order valence-corrected chi connectivity index (χ0v) is 9.41. The highest BCUT2D eigenvalue weighted by molar-refractivity contribution is 5.80. The highest BCUT2D eigenvalue weighted by Crippen LogP contribution is 2.39. The molecule has 1 rings (SSSR count). The van der Waals surface area contributed by atoms with E-state index in [0.717, 1.165) is 12.8 Å². The number of urea groups is 1. The summed E-state index contributed by atoms with van der Waals surface area (Å²) < 4.78 is 0. The quantitative estimate of drug-likeness (QED) is 0.730. The van der Waals surface area contributed by atoms with Gasteiger partial charge in [-0.2, -0.15) is 0 Å². The molecule has 1 aliphatic carbocycles. The van der Waals surface area contributed by atoms with Gasteiger partial charge in [-0.3, -0.25) is 4.79 Å². The van der Waals surface area contributed by atoms with Crippen molar-refractivity contribution in [1.82, 2.24) is 10.2 Å². The highest BCUT2D eigenvalue weighted by Gasteiger charge is 2.39. The molecule has 0 radical (unpaired) electrons. The maximum absolute atomic E-state index is 11.6. The Morgan fingerprint density at radius 2 is 2.00 bits per heavy atom. The van der Waals surface area contributed by atoms with E-state index < -0.39 is 5.97 Å². The van der Waals surface area contributed by atoms with E-state index in [0.29, 0.717) is 5.92 Å². The second kappa shape index (κ2) is 4.08. The summed E-state index contributed by atoms with van der Waals surface area (Å²) in [5.74, 6) is -0.475. The number of amides is 2. The first-order chi connectivity index (χ1) is 6.83. The lowest BCUT2D eigenvalue weighted by atomic mass is 9.99. The summed E-state index contributed by atoms with van der Waals surface area (Å²) in [5.41, 5.74) is -0.232. The second-order valence-corrected chi connectivity index (χ2v) is 4.68. The maximum atomic E-state index is 11.6. The van der Waals surface area contributed by atoms with E-state index in [4.69, 9.17) is 5.11 Å². The SMILES string of the molecule is CN(CC(=O)O)C(=O)NC(C)(C)C1CC1. The fourth-order valence-electron chi connectivity index (χ4n) is 1.55. The Bertz CT molecular complexity index is 272. The average Bonchev–Trinajstić information content (AvgIpc) is 2.83. The summed E-state index contributed by atoms with van der Waals surface area (Å²) in [5, 5.41) is 11.4. The number of nitrogens with one attached hydrogen (secondary N) is 1. The molecule has 2 amide bonds. The van der Waals surface area contributed by atoms with Gasteiger partial charge in [0.05, 0.1) is 0 Å². The molecule has 0 bridgehead atoms. The number of nitrogens with zero attached hydrogens (tertiary/aromatic N) is 1. The third-order valence-electron chi connectivity index (χ3n) is 2.75. The van der Waals surface area contributed by atoms with Crippen molar-refractivity contribution in [3.05, 3.63) is 0 Å². The van der Waals surface area contributed by atoms with E-state index >= 15 is 0 Å². The first-order valence-electron chi connectivity index (χ1n) is 5.08. The molecule has 0 aliphatic heterocycles. The fourth-order valence-corrected chi connectivity index (χ4v) is 1.55. The summed E-state index contributed by atoms with van der Waals surface area (Å²) in [6.45, 7) is 3.67. The van der Waals surface area contributed by atoms with Crippen LogP contribution < -0.4 is 5.32 Å². The number of likely N-dealkylation sites (N-methyl/N-ethyl adjacent to an activating group) is 1. The number of carbonyl (C=O) groups is 2. The number of carbonyl (C=O) groups excluding carboxylic acids is 1. The van der Waals surface area contributed by atoms with Gasteiger partial charge in [0, 0.05) is 12.6 Å². The Kier molecular flexibility index (Phi) is 3.21. The third kappa shape index (κ3) is 3.42. The molecule has 1 fully saturated rings. The molecule has 0 heterocycles. The van der Waals surface area contributed by atoms with Crippen LogP contribution in [0, 0.1) is 5.92 Å². The molecular formula is C10H18N2O3. The zero-order chi connectivity index (χ0) is 11.6. The normalized spacial score (nSPS) is 15.9. The molecule has 0 atom stereocenters. The molecular weight excluding hydrogens is 196 g/mol. The number of rotatable bonds is 4. The van der Waals surface area contributed by atoms with Gasteiger partial charge in [-0.15, -0.1) is 0 Å². The molecule has 5 nitrogen and oxygen atoms in total. The summed E-state index contributed by atoms with van der Waals surface area (Å²) >= 11 is 0. The van der Waals surface area contributed by atoms with Gasteiger partial charge in [0.25, 0.3) is 0 Å². The Hall–Kier alpha value is -1.26. The average molecular weight is 214 g/mol. The Balaban J connectivity index is 2.43. The van der Waals surface area contributed by atoms with E-state index in [1.165, 1.54) is 11.9 Å². The topological polar surface area (TPSA) is 69.6 Å². The minimum atomic E-state index is -1.00. The predicted molar refractivity (Wildman–Crippen MR) is 55.6 cm³/mol. The molecule has 0 aromatic carbocycles. The van der Waals surface area contributed by atoms with Gasteiger partial charge in [-0.1, -0.05) is 0 Å². The van der Waals surface area contributed by atoms with Gasteiger partial charge in [-0.05, 0) is 32.6 Å². The van der Waals surface area contributed by atoms with Crippen molar-refractivity contribution in [2.75, 3.05) is 13.6 Å². The summed E-state index contributed by atoms with van der Waals surface area (Å²) in [4.78, 5) is 23.2. The van der Waals surface area contributed by atoms with Gasteiger partial charge in [0.2, 0.25) is 0 Å². The second-order valence-electron chi connectivity index (χ2n) is 4.68. The van der Waals surface area contributed by atoms with Crippen LogP contribution in [0.2, 0.25) is 0 Å². The molecule has 0 aromatic heterocycles. The molecule has 2 N–H and O–H groups in total. The van der Waals surface area contributed by atoms with Crippen LogP contribution in [-0.4, -0.2) is 41.1 Å². The summed E-state index contributed by atoms with van der Waals surface area (Å²) in [7, 11) is 1.48. The molecule has 86 valence electrons. The van der Waals surface area contributed by atoms with Gasteiger partial charge in [0.15, 0.2) is 0 Å². The monoisotopic (exact) mass is 214 g/mol. The van der Waals surface area contributed by atoms with E-state index in [1.54, 1.807) is 0 Å². The first kappa shape index (κ1) is 11.8. The van der Waals surface area contributed by atoms with E-state index in [-0.39, 0.29) is 18.1 Å². The largest absolute Gasteiger partial charge is 0.480 e. The van der Waals surface area contributed by atoms with Crippen LogP contribution in [0.4, 0.5) is 4.79 Å². The third-order valence-corrected chi connectivity index (χ3v) is 2.75. The van der Waals surface area contributed by atoms with Gasteiger partial charge in [-0.25, -0.2) is 4.79 Å². The molecule has 15 heavy (non-hydrogen) atoms. The number of aliphatic carboxylic acids is 1. The lowest BCUT2D eigenvalue weighted by Gasteiger charge is -2.28. The van der Waals surface area contributed by atoms with Crippen molar-refractivity contribution in [3.8, 4) is 0 Å².